The van der Waals surface area contributed by atoms with Crippen molar-refractivity contribution < 1.29 is 13.9 Å². The Morgan fingerprint density at radius 2 is 2.29 bits per heavy atom. The number of esters is 1. The van der Waals surface area contributed by atoms with Crippen molar-refractivity contribution in [2.45, 2.75) is 10.9 Å². The van der Waals surface area contributed by atoms with Gasteiger partial charge in [-0.1, -0.05) is 17.8 Å². The van der Waals surface area contributed by atoms with E-state index in [1.807, 2.05) is 0 Å². The van der Waals surface area contributed by atoms with E-state index >= 15 is 0 Å². The standard InChI is InChI=1S/C13H11FN4O2S/c1-20-12(19)9-5-15-13(17-9)21-6-10-16-8-4-2-3-7(14)11(8)18-10/h2-5H,6H2,1H3,(H,15,17)(H,16,18). The first kappa shape index (κ1) is 13.6. The number of nitrogens with zero attached hydrogens (tertiary/aromatic N) is 2. The van der Waals surface area contributed by atoms with Crippen LogP contribution in [0.3, 0.4) is 0 Å². The van der Waals surface area contributed by atoms with Gasteiger partial charge in [-0.3, -0.25) is 0 Å². The van der Waals surface area contributed by atoms with Crippen LogP contribution >= 0.6 is 11.8 Å². The number of hydrogen-bond acceptors (Lipinski definition) is 5. The van der Waals surface area contributed by atoms with Crippen molar-refractivity contribution in [3.05, 3.63) is 41.7 Å². The molecular formula is C13H11FN4O2S. The topological polar surface area (TPSA) is 83.7 Å². The number of thioether (sulfide) groups is 1. The summed E-state index contributed by atoms with van der Waals surface area (Å²) >= 11 is 1.35. The second kappa shape index (κ2) is 5.57. The SMILES string of the molecule is COC(=O)c1cnc(SCc2nc3c(F)cccc3[nH]2)[nH]1. The van der Waals surface area contributed by atoms with E-state index in [4.69, 9.17) is 0 Å². The number of aromatic amines is 2. The fraction of sp³-hybridized carbons (Fsp3) is 0.154. The smallest absolute Gasteiger partial charge is 0.356 e. The van der Waals surface area contributed by atoms with Crippen molar-refractivity contribution in [2.75, 3.05) is 7.11 Å². The highest BCUT2D eigenvalue weighted by Gasteiger charge is 2.11. The molecule has 21 heavy (non-hydrogen) atoms. The molecule has 0 atom stereocenters. The summed E-state index contributed by atoms with van der Waals surface area (Å²) in [6.45, 7) is 0. The highest BCUT2D eigenvalue weighted by atomic mass is 32.2. The van der Waals surface area contributed by atoms with Gasteiger partial charge in [0.1, 0.15) is 17.0 Å². The Kier molecular flexibility index (Phi) is 3.61. The van der Waals surface area contributed by atoms with Crippen molar-refractivity contribution in [2.24, 2.45) is 0 Å². The number of imidazole rings is 2. The van der Waals surface area contributed by atoms with Crippen LogP contribution in [0, 0.1) is 5.82 Å². The summed E-state index contributed by atoms with van der Waals surface area (Å²) in [7, 11) is 1.30. The molecule has 0 aliphatic rings. The Hall–Kier alpha value is -2.35. The van der Waals surface area contributed by atoms with Crippen LogP contribution in [0.25, 0.3) is 11.0 Å². The van der Waals surface area contributed by atoms with Gasteiger partial charge in [-0.15, -0.1) is 0 Å². The highest BCUT2D eigenvalue weighted by molar-refractivity contribution is 7.98. The third-order valence-electron chi connectivity index (χ3n) is 2.82. The number of fused-ring (bicyclic) bond motifs is 1. The number of nitrogens with one attached hydrogen (secondary N) is 2. The summed E-state index contributed by atoms with van der Waals surface area (Å²) < 4.78 is 18.1. The number of methoxy groups -OCH3 is 1. The molecular weight excluding hydrogens is 295 g/mol. The molecule has 0 amide bonds. The molecule has 0 radical (unpaired) electrons. The van der Waals surface area contributed by atoms with Crippen LogP contribution in [-0.2, 0) is 10.5 Å². The first-order valence-electron chi connectivity index (χ1n) is 6.06. The van der Waals surface area contributed by atoms with Gasteiger partial charge < -0.3 is 14.7 Å². The van der Waals surface area contributed by atoms with Gasteiger partial charge in [-0.2, -0.15) is 0 Å². The zero-order chi connectivity index (χ0) is 14.8. The Morgan fingerprint density at radius 1 is 1.43 bits per heavy atom. The van der Waals surface area contributed by atoms with Gasteiger partial charge in [0, 0.05) is 0 Å². The van der Waals surface area contributed by atoms with E-state index < -0.39 is 5.97 Å². The predicted octanol–water partition coefficient (Wildman–Crippen LogP) is 2.50. The summed E-state index contributed by atoms with van der Waals surface area (Å²) in [4.78, 5) is 25.4. The minimum absolute atomic E-state index is 0.288. The van der Waals surface area contributed by atoms with Gasteiger partial charge in [-0.25, -0.2) is 19.2 Å². The van der Waals surface area contributed by atoms with E-state index in [1.54, 1.807) is 12.1 Å². The van der Waals surface area contributed by atoms with E-state index in [-0.39, 0.29) is 11.5 Å². The number of para-hydroxylation sites is 1. The van der Waals surface area contributed by atoms with E-state index in [1.165, 1.54) is 31.1 Å². The van der Waals surface area contributed by atoms with Gasteiger partial charge in [0.2, 0.25) is 0 Å². The first-order valence-corrected chi connectivity index (χ1v) is 7.05. The maximum Gasteiger partial charge on any atom is 0.356 e. The molecule has 0 fully saturated rings. The minimum Gasteiger partial charge on any atom is -0.464 e. The number of rotatable bonds is 4. The molecule has 3 aromatic rings. The lowest BCUT2D eigenvalue weighted by atomic mass is 10.3. The first-order chi connectivity index (χ1) is 10.2. The van der Waals surface area contributed by atoms with Gasteiger partial charge in [0.15, 0.2) is 11.0 Å². The summed E-state index contributed by atoms with van der Waals surface area (Å²) in [6, 6.07) is 4.76. The summed E-state index contributed by atoms with van der Waals surface area (Å²) in [5.74, 6) is 0.282. The van der Waals surface area contributed by atoms with Crippen LogP contribution in [0.1, 0.15) is 16.3 Å². The van der Waals surface area contributed by atoms with Crippen LogP contribution in [0.15, 0.2) is 29.6 Å². The molecule has 108 valence electrons. The fourth-order valence-electron chi connectivity index (χ4n) is 1.84. The highest BCUT2D eigenvalue weighted by Crippen LogP contribution is 2.21. The second-order valence-corrected chi connectivity index (χ2v) is 5.17. The quantitative estimate of drug-likeness (QED) is 0.571. The Bertz CT molecular complexity index is 798. The number of hydrogen-bond donors (Lipinski definition) is 2. The average molecular weight is 306 g/mol. The van der Waals surface area contributed by atoms with E-state index in [9.17, 15) is 9.18 Å². The lowest BCUT2D eigenvalue weighted by molar-refractivity contribution is 0.0594. The molecule has 0 aliphatic heterocycles. The second-order valence-electron chi connectivity index (χ2n) is 4.20. The predicted molar refractivity (Wildman–Crippen MR) is 75.5 cm³/mol. The van der Waals surface area contributed by atoms with E-state index in [0.29, 0.717) is 27.8 Å². The van der Waals surface area contributed by atoms with Crippen LogP contribution in [-0.4, -0.2) is 33.0 Å². The largest absolute Gasteiger partial charge is 0.464 e. The van der Waals surface area contributed by atoms with Crippen molar-refractivity contribution in [3.63, 3.8) is 0 Å². The van der Waals surface area contributed by atoms with Gasteiger partial charge in [-0.05, 0) is 12.1 Å². The zero-order valence-electron chi connectivity index (χ0n) is 11.0. The molecule has 0 saturated heterocycles. The number of carbonyl (C=O) groups is 1. The number of aromatic nitrogens is 4. The number of H-pyrrole nitrogens is 2. The monoisotopic (exact) mass is 306 g/mol. The Balaban J connectivity index is 1.73. The van der Waals surface area contributed by atoms with Gasteiger partial charge in [0.05, 0.1) is 24.6 Å². The summed E-state index contributed by atoms with van der Waals surface area (Å²) in [6.07, 6.45) is 1.41. The maximum atomic E-state index is 13.5. The number of benzene rings is 1. The van der Waals surface area contributed by atoms with Crippen molar-refractivity contribution in [1.82, 2.24) is 19.9 Å². The molecule has 0 aliphatic carbocycles. The number of halogens is 1. The number of carbonyl (C=O) groups excluding carboxylic acids is 1. The molecule has 2 N–H and O–H groups in total. The van der Waals surface area contributed by atoms with E-state index in [2.05, 4.69) is 24.7 Å². The van der Waals surface area contributed by atoms with Gasteiger partial charge >= 0.3 is 5.97 Å². The fourth-order valence-corrected chi connectivity index (χ4v) is 2.56. The molecule has 0 bridgehead atoms. The van der Waals surface area contributed by atoms with Crippen LogP contribution in [0.2, 0.25) is 0 Å². The molecule has 1 aromatic carbocycles. The summed E-state index contributed by atoms with van der Waals surface area (Å²) in [5, 5.41) is 0.566. The Morgan fingerprint density at radius 3 is 3.05 bits per heavy atom. The van der Waals surface area contributed by atoms with Crippen molar-refractivity contribution in [3.8, 4) is 0 Å². The van der Waals surface area contributed by atoms with Gasteiger partial charge in [0.25, 0.3) is 0 Å². The lowest BCUT2D eigenvalue weighted by Gasteiger charge is -1.95. The molecule has 6 nitrogen and oxygen atoms in total. The average Bonchev–Trinajstić information content (AvgIpc) is 3.11. The van der Waals surface area contributed by atoms with Crippen LogP contribution in [0.5, 0.6) is 0 Å². The molecule has 8 heteroatoms. The molecule has 2 aromatic heterocycles. The Labute approximate surface area is 123 Å². The molecule has 3 rings (SSSR count). The molecule has 0 unspecified atom stereocenters. The third-order valence-corrected chi connectivity index (χ3v) is 3.71. The maximum absolute atomic E-state index is 13.5. The van der Waals surface area contributed by atoms with Crippen molar-refractivity contribution in [1.29, 1.82) is 0 Å². The molecule has 0 spiro atoms. The lowest BCUT2D eigenvalue weighted by Crippen LogP contribution is -2.00. The zero-order valence-corrected chi connectivity index (χ0v) is 11.8. The summed E-state index contributed by atoms with van der Waals surface area (Å²) in [5.41, 5.74) is 1.26. The van der Waals surface area contributed by atoms with E-state index in [0.717, 1.165) is 0 Å². The minimum atomic E-state index is -0.472. The van der Waals surface area contributed by atoms with Crippen LogP contribution < -0.4 is 0 Å². The third kappa shape index (κ3) is 2.75. The van der Waals surface area contributed by atoms with Crippen LogP contribution in [0.4, 0.5) is 4.39 Å². The number of ether oxygens (including phenoxy) is 1. The molecule has 0 saturated carbocycles. The van der Waals surface area contributed by atoms with Crippen molar-refractivity contribution >= 4 is 28.8 Å². The molecule has 2 heterocycles. The normalized spacial score (nSPS) is 11.0.